The summed E-state index contributed by atoms with van der Waals surface area (Å²) in [4.78, 5) is 0. The monoisotopic (exact) mass is 171 g/mol. The fourth-order valence-electron chi connectivity index (χ4n) is 1.12. The Morgan fingerprint density at radius 2 is 2.10 bits per heavy atom. The minimum absolute atomic E-state index is 0. The molecule has 1 fully saturated rings. The quantitative estimate of drug-likeness (QED) is 0.635. The Morgan fingerprint density at radius 1 is 1.50 bits per heavy atom. The first-order valence-electron chi connectivity index (χ1n) is 3.22. The summed E-state index contributed by atoms with van der Waals surface area (Å²) in [6, 6.07) is -0.572. The maximum Gasteiger partial charge on any atom is 0.260 e. The van der Waals surface area contributed by atoms with E-state index in [0.29, 0.717) is 6.42 Å². The van der Waals surface area contributed by atoms with Crippen LogP contribution in [0.25, 0.3) is 0 Å². The number of hydrogen-bond donors (Lipinski definition) is 1. The van der Waals surface area contributed by atoms with Crippen molar-refractivity contribution >= 4 is 12.4 Å². The summed E-state index contributed by atoms with van der Waals surface area (Å²) in [5.74, 6) is -2.53. The molecule has 0 aliphatic carbocycles. The van der Waals surface area contributed by atoms with Gasteiger partial charge in [0, 0.05) is 6.92 Å². The van der Waals surface area contributed by atoms with Crippen LogP contribution in [-0.2, 0) is 0 Å². The zero-order chi connectivity index (χ0) is 6.91. The van der Waals surface area contributed by atoms with Gasteiger partial charge in [-0.05, 0) is 19.4 Å². The lowest BCUT2D eigenvalue weighted by molar-refractivity contribution is -0.0118. The van der Waals surface area contributed by atoms with Gasteiger partial charge in [0.25, 0.3) is 5.92 Å². The summed E-state index contributed by atoms with van der Waals surface area (Å²) < 4.78 is 24.7. The molecule has 0 saturated carbocycles. The van der Waals surface area contributed by atoms with E-state index in [0.717, 1.165) is 19.9 Å². The third-order valence-corrected chi connectivity index (χ3v) is 1.67. The highest BCUT2D eigenvalue weighted by atomic mass is 35.5. The van der Waals surface area contributed by atoms with Gasteiger partial charge < -0.3 is 5.32 Å². The number of alkyl halides is 2. The summed E-state index contributed by atoms with van der Waals surface area (Å²) in [7, 11) is 0. The van der Waals surface area contributed by atoms with Crippen molar-refractivity contribution < 1.29 is 8.78 Å². The van der Waals surface area contributed by atoms with Crippen LogP contribution < -0.4 is 5.32 Å². The standard InChI is InChI=1S/C6H11F2N.ClH/c1-6(7,8)5-3-2-4-9-5;/h5,9H,2-4H2,1H3;1H. The van der Waals surface area contributed by atoms with Crippen LogP contribution in [0.15, 0.2) is 0 Å². The van der Waals surface area contributed by atoms with Crippen molar-refractivity contribution in [3.8, 4) is 0 Å². The van der Waals surface area contributed by atoms with Crippen LogP contribution >= 0.6 is 12.4 Å². The molecule has 0 aromatic heterocycles. The topological polar surface area (TPSA) is 12.0 Å². The van der Waals surface area contributed by atoms with Crippen LogP contribution in [-0.4, -0.2) is 18.5 Å². The van der Waals surface area contributed by atoms with E-state index in [1.807, 2.05) is 0 Å². The van der Waals surface area contributed by atoms with Crippen LogP contribution in [0.2, 0.25) is 0 Å². The van der Waals surface area contributed by atoms with Crippen molar-refractivity contribution in [2.24, 2.45) is 0 Å². The molecule has 4 heteroatoms. The van der Waals surface area contributed by atoms with E-state index < -0.39 is 12.0 Å². The lowest BCUT2D eigenvalue weighted by Crippen LogP contribution is -2.37. The van der Waals surface area contributed by atoms with E-state index in [4.69, 9.17) is 0 Å². The average molecular weight is 172 g/mol. The molecular weight excluding hydrogens is 160 g/mol. The second kappa shape index (κ2) is 3.49. The Kier molecular flexibility index (Phi) is 3.52. The first-order chi connectivity index (χ1) is 4.11. The van der Waals surface area contributed by atoms with Gasteiger partial charge >= 0.3 is 0 Å². The maximum absolute atomic E-state index is 12.4. The molecule has 0 aromatic rings. The molecule has 1 aliphatic rings. The van der Waals surface area contributed by atoms with Gasteiger partial charge in [0.1, 0.15) is 0 Å². The van der Waals surface area contributed by atoms with Crippen LogP contribution in [0.5, 0.6) is 0 Å². The molecule has 0 spiro atoms. The first kappa shape index (κ1) is 10.1. The van der Waals surface area contributed by atoms with Gasteiger partial charge in [0.15, 0.2) is 0 Å². The van der Waals surface area contributed by atoms with E-state index in [1.54, 1.807) is 0 Å². The third-order valence-electron chi connectivity index (χ3n) is 1.67. The zero-order valence-electron chi connectivity index (χ0n) is 5.86. The van der Waals surface area contributed by atoms with E-state index >= 15 is 0 Å². The van der Waals surface area contributed by atoms with Crippen molar-refractivity contribution in [1.82, 2.24) is 5.32 Å². The van der Waals surface area contributed by atoms with Gasteiger partial charge in [0.05, 0.1) is 6.04 Å². The van der Waals surface area contributed by atoms with Gasteiger partial charge in [-0.1, -0.05) is 0 Å². The summed E-state index contributed by atoms with van der Waals surface area (Å²) >= 11 is 0. The molecule has 0 amide bonds. The molecule has 1 N–H and O–H groups in total. The predicted octanol–water partition coefficient (Wildman–Crippen LogP) is 1.82. The van der Waals surface area contributed by atoms with Gasteiger partial charge in [-0.15, -0.1) is 12.4 Å². The van der Waals surface area contributed by atoms with Crippen LogP contribution in [0.1, 0.15) is 19.8 Å². The molecule has 0 radical (unpaired) electrons. The number of nitrogens with one attached hydrogen (secondary N) is 1. The lowest BCUT2D eigenvalue weighted by Gasteiger charge is -2.17. The fraction of sp³-hybridized carbons (Fsp3) is 1.00. The van der Waals surface area contributed by atoms with E-state index in [1.165, 1.54) is 0 Å². The highest BCUT2D eigenvalue weighted by Gasteiger charge is 2.35. The Labute approximate surface area is 65.6 Å². The van der Waals surface area contributed by atoms with Gasteiger partial charge in [-0.3, -0.25) is 0 Å². The molecule has 1 unspecified atom stereocenters. The van der Waals surface area contributed by atoms with Gasteiger partial charge in [-0.25, -0.2) is 8.78 Å². The van der Waals surface area contributed by atoms with Crippen molar-refractivity contribution in [1.29, 1.82) is 0 Å². The molecule has 10 heavy (non-hydrogen) atoms. The molecule has 1 heterocycles. The summed E-state index contributed by atoms with van der Waals surface area (Å²) in [6.07, 6.45) is 1.50. The first-order valence-corrected chi connectivity index (χ1v) is 3.22. The van der Waals surface area contributed by atoms with E-state index in [9.17, 15) is 8.78 Å². The van der Waals surface area contributed by atoms with E-state index in [2.05, 4.69) is 5.32 Å². The number of rotatable bonds is 1. The second-order valence-electron chi connectivity index (χ2n) is 2.61. The Bertz CT molecular complexity index is 96.4. The second-order valence-corrected chi connectivity index (χ2v) is 2.61. The predicted molar refractivity (Wildman–Crippen MR) is 38.9 cm³/mol. The summed E-state index contributed by atoms with van der Waals surface area (Å²) in [5, 5.41) is 2.75. The van der Waals surface area contributed by atoms with Crippen molar-refractivity contribution in [3.05, 3.63) is 0 Å². The molecule has 1 aliphatic heterocycles. The Balaban J connectivity index is 0.000000810. The lowest BCUT2D eigenvalue weighted by atomic mass is 10.1. The Morgan fingerprint density at radius 3 is 2.30 bits per heavy atom. The molecule has 1 atom stereocenters. The highest BCUT2D eigenvalue weighted by Crippen LogP contribution is 2.23. The number of halogens is 3. The minimum Gasteiger partial charge on any atom is -0.309 e. The molecule has 1 saturated heterocycles. The molecule has 62 valence electrons. The highest BCUT2D eigenvalue weighted by molar-refractivity contribution is 5.85. The van der Waals surface area contributed by atoms with Crippen LogP contribution in [0.3, 0.4) is 0 Å². The van der Waals surface area contributed by atoms with Crippen molar-refractivity contribution in [2.45, 2.75) is 31.7 Å². The molecule has 0 bridgehead atoms. The fourth-order valence-corrected chi connectivity index (χ4v) is 1.12. The zero-order valence-corrected chi connectivity index (χ0v) is 6.68. The van der Waals surface area contributed by atoms with Crippen LogP contribution in [0, 0.1) is 0 Å². The molecule has 1 nitrogen and oxygen atoms in total. The largest absolute Gasteiger partial charge is 0.309 e. The molecule has 1 rings (SSSR count). The molecular formula is C6H12ClF2N. The SMILES string of the molecule is CC(F)(F)C1CCCN1.Cl. The van der Waals surface area contributed by atoms with Gasteiger partial charge in [0.2, 0.25) is 0 Å². The van der Waals surface area contributed by atoms with Gasteiger partial charge in [-0.2, -0.15) is 0 Å². The minimum atomic E-state index is -2.53. The smallest absolute Gasteiger partial charge is 0.260 e. The molecule has 0 aromatic carbocycles. The summed E-state index contributed by atoms with van der Waals surface area (Å²) in [6.45, 7) is 1.71. The number of hydrogen-bond acceptors (Lipinski definition) is 1. The summed E-state index contributed by atoms with van der Waals surface area (Å²) in [5.41, 5.74) is 0. The normalized spacial score (nSPS) is 26.1. The van der Waals surface area contributed by atoms with Crippen molar-refractivity contribution in [2.75, 3.05) is 6.54 Å². The van der Waals surface area contributed by atoms with E-state index in [-0.39, 0.29) is 12.4 Å². The third kappa shape index (κ3) is 2.39. The van der Waals surface area contributed by atoms with Crippen LogP contribution in [0.4, 0.5) is 8.78 Å². The maximum atomic E-state index is 12.4. The average Bonchev–Trinajstić information content (AvgIpc) is 2.08. The Hall–Kier alpha value is 0.110. The van der Waals surface area contributed by atoms with Crippen molar-refractivity contribution in [3.63, 3.8) is 0 Å².